The summed E-state index contributed by atoms with van der Waals surface area (Å²) in [5.41, 5.74) is 1.10. The number of nitrogens with one attached hydrogen (secondary N) is 1. The second-order valence-corrected chi connectivity index (χ2v) is 6.32. The van der Waals surface area contributed by atoms with E-state index in [1.807, 2.05) is 37.4 Å². The molecule has 1 aliphatic rings. The van der Waals surface area contributed by atoms with Gasteiger partial charge in [-0.15, -0.1) is 0 Å². The number of urea groups is 1. The van der Waals surface area contributed by atoms with Gasteiger partial charge in [-0.1, -0.05) is 43.2 Å². The lowest BCUT2D eigenvalue weighted by molar-refractivity contribution is -0.137. The van der Waals surface area contributed by atoms with Crippen LogP contribution in [0.2, 0.25) is 0 Å². The Morgan fingerprint density at radius 3 is 2.52 bits per heavy atom. The molecule has 1 aromatic rings. The van der Waals surface area contributed by atoms with Crippen LogP contribution in [0.4, 0.5) is 4.79 Å². The maximum atomic E-state index is 12.4. The molecule has 2 amide bonds. The van der Waals surface area contributed by atoms with E-state index in [4.69, 9.17) is 5.11 Å². The van der Waals surface area contributed by atoms with Crippen LogP contribution in [0, 0.1) is 0 Å². The van der Waals surface area contributed by atoms with Gasteiger partial charge in [-0.05, 0) is 31.2 Å². The van der Waals surface area contributed by atoms with Gasteiger partial charge in [-0.2, -0.15) is 0 Å². The Balaban J connectivity index is 1.95. The number of carbonyl (C=O) groups is 2. The zero-order valence-electron chi connectivity index (χ0n) is 13.7. The molecule has 5 nitrogen and oxygen atoms in total. The SMILES string of the molecule is CN(C(=O)NC(CCC(=O)O)Cc1ccccc1)C1CCCC1. The standard InChI is InChI=1S/C18H26N2O3/c1-20(16-9-5-6-10-16)18(23)19-15(11-12-17(21)22)13-14-7-3-2-4-8-14/h2-4,7-8,15-16H,5-6,9-13H2,1H3,(H,19,23)(H,21,22). The molecule has 1 aromatic carbocycles. The third-order valence-electron chi connectivity index (χ3n) is 4.55. The minimum atomic E-state index is -0.832. The van der Waals surface area contributed by atoms with Gasteiger partial charge in [0.1, 0.15) is 0 Å². The fraction of sp³-hybridized carbons (Fsp3) is 0.556. The Labute approximate surface area is 137 Å². The minimum Gasteiger partial charge on any atom is -0.481 e. The van der Waals surface area contributed by atoms with Crippen molar-refractivity contribution in [3.63, 3.8) is 0 Å². The number of hydrogen-bond acceptors (Lipinski definition) is 2. The summed E-state index contributed by atoms with van der Waals surface area (Å²) >= 11 is 0. The van der Waals surface area contributed by atoms with E-state index in [0.29, 0.717) is 18.9 Å². The number of benzene rings is 1. The first-order chi connectivity index (χ1) is 11.1. The smallest absolute Gasteiger partial charge is 0.317 e. The average Bonchev–Trinajstić information content (AvgIpc) is 3.07. The highest BCUT2D eigenvalue weighted by molar-refractivity contribution is 5.74. The summed E-state index contributed by atoms with van der Waals surface area (Å²) in [6.45, 7) is 0. The highest BCUT2D eigenvalue weighted by Gasteiger charge is 2.25. The molecule has 1 fully saturated rings. The van der Waals surface area contributed by atoms with Crippen LogP contribution in [0.3, 0.4) is 0 Å². The number of nitrogens with zero attached hydrogens (tertiary/aromatic N) is 1. The summed E-state index contributed by atoms with van der Waals surface area (Å²) in [6.07, 6.45) is 5.62. The number of amides is 2. The largest absolute Gasteiger partial charge is 0.481 e. The minimum absolute atomic E-state index is 0.0604. The molecule has 1 saturated carbocycles. The summed E-state index contributed by atoms with van der Waals surface area (Å²) in [5, 5.41) is 11.9. The van der Waals surface area contributed by atoms with Gasteiger partial charge in [0.05, 0.1) is 0 Å². The highest BCUT2D eigenvalue weighted by atomic mass is 16.4. The van der Waals surface area contributed by atoms with Crippen molar-refractivity contribution < 1.29 is 14.7 Å². The van der Waals surface area contributed by atoms with Gasteiger partial charge in [0, 0.05) is 25.6 Å². The lowest BCUT2D eigenvalue weighted by Gasteiger charge is -2.27. The van der Waals surface area contributed by atoms with Crippen LogP contribution in [0.1, 0.15) is 44.1 Å². The van der Waals surface area contributed by atoms with E-state index < -0.39 is 5.97 Å². The van der Waals surface area contributed by atoms with E-state index >= 15 is 0 Å². The molecule has 1 unspecified atom stereocenters. The summed E-state index contributed by atoms with van der Waals surface area (Å²) in [7, 11) is 1.84. The first-order valence-electron chi connectivity index (χ1n) is 8.35. The van der Waals surface area contributed by atoms with Gasteiger partial charge in [0.2, 0.25) is 0 Å². The molecule has 23 heavy (non-hydrogen) atoms. The van der Waals surface area contributed by atoms with Crippen LogP contribution in [0.25, 0.3) is 0 Å². The third-order valence-corrected chi connectivity index (χ3v) is 4.55. The molecule has 1 atom stereocenters. The fourth-order valence-electron chi connectivity index (χ4n) is 3.16. The number of hydrogen-bond donors (Lipinski definition) is 2. The molecular formula is C18H26N2O3. The van der Waals surface area contributed by atoms with E-state index in [-0.39, 0.29) is 18.5 Å². The Bertz CT molecular complexity index is 512. The number of carboxylic acid groups (broad SMARTS) is 1. The van der Waals surface area contributed by atoms with Crippen molar-refractivity contribution in [2.45, 2.75) is 57.0 Å². The number of rotatable bonds is 7. The van der Waals surface area contributed by atoms with E-state index in [9.17, 15) is 9.59 Å². The Morgan fingerprint density at radius 2 is 1.91 bits per heavy atom. The molecule has 2 rings (SSSR count). The van der Waals surface area contributed by atoms with Gasteiger partial charge in [0.15, 0.2) is 0 Å². The van der Waals surface area contributed by atoms with Crippen molar-refractivity contribution in [2.75, 3.05) is 7.05 Å². The van der Waals surface area contributed by atoms with Gasteiger partial charge >= 0.3 is 12.0 Å². The van der Waals surface area contributed by atoms with Crippen LogP contribution >= 0.6 is 0 Å². The average molecular weight is 318 g/mol. The molecule has 0 heterocycles. The number of carbonyl (C=O) groups excluding carboxylic acids is 1. The van der Waals surface area contributed by atoms with Gasteiger partial charge in [0.25, 0.3) is 0 Å². The maximum absolute atomic E-state index is 12.4. The first kappa shape index (κ1) is 17.3. The summed E-state index contributed by atoms with van der Waals surface area (Å²) in [5.74, 6) is -0.832. The summed E-state index contributed by atoms with van der Waals surface area (Å²) in [4.78, 5) is 25.1. The molecule has 0 aromatic heterocycles. The number of aliphatic carboxylic acids is 1. The van der Waals surface area contributed by atoms with Crippen LogP contribution in [-0.2, 0) is 11.2 Å². The molecule has 0 bridgehead atoms. The molecule has 126 valence electrons. The van der Waals surface area contributed by atoms with Crippen molar-refractivity contribution in [3.8, 4) is 0 Å². The van der Waals surface area contributed by atoms with Crippen LogP contribution in [0.5, 0.6) is 0 Å². The van der Waals surface area contributed by atoms with E-state index in [0.717, 1.165) is 18.4 Å². The molecule has 5 heteroatoms. The third kappa shape index (κ3) is 5.58. The van der Waals surface area contributed by atoms with Crippen molar-refractivity contribution in [2.24, 2.45) is 0 Å². The highest BCUT2D eigenvalue weighted by Crippen LogP contribution is 2.22. The molecule has 0 aliphatic heterocycles. The maximum Gasteiger partial charge on any atom is 0.317 e. The number of carboxylic acids is 1. The van der Waals surface area contributed by atoms with Crippen molar-refractivity contribution in [1.82, 2.24) is 10.2 Å². The Morgan fingerprint density at radius 1 is 1.26 bits per heavy atom. The van der Waals surface area contributed by atoms with Crippen molar-refractivity contribution in [3.05, 3.63) is 35.9 Å². The molecule has 0 saturated heterocycles. The van der Waals surface area contributed by atoms with Crippen molar-refractivity contribution >= 4 is 12.0 Å². The van der Waals surface area contributed by atoms with Crippen LogP contribution in [0.15, 0.2) is 30.3 Å². The summed E-state index contributed by atoms with van der Waals surface area (Å²) < 4.78 is 0. The lowest BCUT2D eigenvalue weighted by Crippen LogP contribution is -2.47. The summed E-state index contributed by atoms with van der Waals surface area (Å²) in [6, 6.07) is 9.91. The molecule has 0 spiro atoms. The molecular weight excluding hydrogens is 292 g/mol. The normalized spacial score (nSPS) is 16.0. The van der Waals surface area contributed by atoms with Crippen molar-refractivity contribution in [1.29, 1.82) is 0 Å². The van der Waals surface area contributed by atoms with E-state index in [1.54, 1.807) is 4.90 Å². The first-order valence-corrected chi connectivity index (χ1v) is 8.35. The molecule has 1 aliphatic carbocycles. The Kier molecular flexibility index (Phi) is 6.44. The second kappa shape index (κ2) is 8.56. The zero-order valence-corrected chi connectivity index (χ0v) is 13.7. The van der Waals surface area contributed by atoms with Gasteiger partial charge < -0.3 is 15.3 Å². The van der Waals surface area contributed by atoms with E-state index in [1.165, 1.54) is 12.8 Å². The quantitative estimate of drug-likeness (QED) is 0.812. The predicted octanol–water partition coefficient (Wildman–Crippen LogP) is 3.05. The van der Waals surface area contributed by atoms with Gasteiger partial charge in [-0.25, -0.2) is 4.79 Å². The van der Waals surface area contributed by atoms with E-state index in [2.05, 4.69) is 5.32 Å². The lowest BCUT2D eigenvalue weighted by atomic mass is 10.0. The van der Waals surface area contributed by atoms with Gasteiger partial charge in [-0.3, -0.25) is 4.79 Å². The Hall–Kier alpha value is -2.04. The zero-order chi connectivity index (χ0) is 16.7. The topological polar surface area (TPSA) is 69.6 Å². The molecule has 0 radical (unpaired) electrons. The second-order valence-electron chi connectivity index (χ2n) is 6.32. The van der Waals surface area contributed by atoms with Crippen LogP contribution in [-0.4, -0.2) is 41.1 Å². The van der Waals surface area contributed by atoms with Crippen LogP contribution < -0.4 is 5.32 Å². The predicted molar refractivity (Wildman–Crippen MR) is 89.4 cm³/mol. The monoisotopic (exact) mass is 318 g/mol. The molecule has 2 N–H and O–H groups in total. The fourth-order valence-corrected chi connectivity index (χ4v) is 3.16.